The van der Waals surface area contributed by atoms with E-state index in [0.717, 1.165) is 0 Å². The molecule has 0 radical (unpaired) electrons. The van der Waals surface area contributed by atoms with Gasteiger partial charge < -0.3 is 20.9 Å². The molecule has 1 atom stereocenters. The van der Waals surface area contributed by atoms with Crippen LogP contribution in [0.1, 0.15) is 26.3 Å². The van der Waals surface area contributed by atoms with E-state index in [1.807, 2.05) is 0 Å². The molecule has 1 amide bonds. The fourth-order valence-electron chi connectivity index (χ4n) is 1.62. The van der Waals surface area contributed by atoms with E-state index < -0.39 is 23.7 Å². The van der Waals surface area contributed by atoms with Gasteiger partial charge in [-0.2, -0.15) is 0 Å². The second-order valence-electron chi connectivity index (χ2n) is 5.58. The number of anilines is 1. The van der Waals surface area contributed by atoms with Gasteiger partial charge in [-0.05, 0) is 44.5 Å². The maximum atomic E-state index is 11.7. The molecule has 0 saturated carbocycles. The molecule has 0 saturated heterocycles. The second kappa shape index (κ2) is 6.67. The molecule has 0 spiro atoms. The van der Waals surface area contributed by atoms with Crippen molar-refractivity contribution in [1.29, 1.82) is 0 Å². The lowest BCUT2D eigenvalue weighted by atomic mass is 10.0. The number of carbonyl (C=O) groups is 2. The number of amides is 1. The molecule has 7 heteroatoms. The zero-order chi connectivity index (χ0) is 16.2. The van der Waals surface area contributed by atoms with Gasteiger partial charge in [0.15, 0.2) is 0 Å². The van der Waals surface area contributed by atoms with Gasteiger partial charge in [-0.25, -0.2) is 9.59 Å². The number of nitrogens with two attached hydrogens (primary N) is 1. The van der Waals surface area contributed by atoms with E-state index >= 15 is 0 Å². The largest absolute Gasteiger partial charge is 0.480 e. The average Bonchev–Trinajstić information content (AvgIpc) is 2.30. The second-order valence-corrected chi connectivity index (χ2v) is 6.02. The van der Waals surface area contributed by atoms with Gasteiger partial charge >= 0.3 is 12.1 Å². The molecule has 0 aliphatic carbocycles. The van der Waals surface area contributed by atoms with E-state index in [1.54, 1.807) is 39.0 Å². The van der Waals surface area contributed by atoms with Crippen LogP contribution in [0.25, 0.3) is 0 Å². The lowest BCUT2D eigenvalue weighted by Crippen LogP contribution is -2.44. The van der Waals surface area contributed by atoms with Crippen LogP contribution in [-0.4, -0.2) is 28.8 Å². The van der Waals surface area contributed by atoms with Crippen molar-refractivity contribution in [2.75, 3.05) is 5.73 Å². The van der Waals surface area contributed by atoms with E-state index in [0.29, 0.717) is 16.3 Å². The number of benzene rings is 1. The Morgan fingerprint density at radius 3 is 2.57 bits per heavy atom. The quantitative estimate of drug-likeness (QED) is 0.741. The lowest BCUT2D eigenvalue weighted by Gasteiger charge is -2.22. The number of nitrogens with one attached hydrogen (secondary N) is 1. The van der Waals surface area contributed by atoms with Crippen LogP contribution in [0.15, 0.2) is 18.2 Å². The molecule has 1 aromatic carbocycles. The topological polar surface area (TPSA) is 102 Å². The van der Waals surface area contributed by atoms with Gasteiger partial charge in [0.05, 0.1) is 0 Å². The summed E-state index contributed by atoms with van der Waals surface area (Å²) < 4.78 is 5.04. The van der Waals surface area contributed by atoms with Gasteiger partial charge in [-0.15, -0.1) is 0 Å². The minimum Gasteiger partial charge on any atom is -0.480 e. The molecular formula is C14H19ClN2O4. The highest BCUT2D eigenvalue weighted by atomic mass is 35.5. The first-order chi connectivity index (χ1) is 9.58. The standard InChI is InChI=1S/C14H19ClN2O4/c1-14(2,3)21-13(20)17-11(12(18)19)7-8-6-9(15)4-5-10(8)16/h4-6,11H,7,16H2,1-3H3,(H,17,20)(H,18,19). The van der Waals surface area contributed by atoms with Crippen molar-refractivity contribution in [2.45, 2.75) is 38.8 Å². The highest BCUT2D eigenvalue weighted by Crippen LogP contribution is 2.19. The summed E-state index contributed by atoms with van der Waals surface area (Å²) >= 11 is 5.86. The van der Waals surface area contributed by atoms with E-state index in [4.69, 9.17) is 22.1 Å². The first-order valence-corrected chi connectivity index (χ1v) is 6.72. The normalized spacial score (nSPS) is 12.6. The van der Waals surface area contributed by atoms with Crippen molar-refractivity contribution in [3.63, 3.8) is 0 Å². The molecule has 21 heavy (non-hydrogen) atoms. The van der Waals surface area contributed by atoms with Gasteiger partial charge in [0.25, 0.3) is 0 Å². The third-order valence-corrected chi connectivity index (χ3v) is 2.75. The number of hydrogen-bond donors (Lipinski definition) is 3. The van der Waals surface area contributed by atoms with E-state index in [-0.39, 0.29) is 6.42 Å². The van der Waals surface area contributed by atoms with Crippen LogP contribution >= 0.6 is 11.6 Å². The molecule has 1 aromatic rings. The molecule has 0 bridgehead atoms. The fraction of sp³-hybridized carbons (Fsp3) is 0.429. The predicted molar refractivity (Wildman–Crippen MR) is 80.4 cm³/mol. The first-order valence-electron chi connectivity index (χ1n) is 6.34. The summed E-state index contributed by atoms with van der Waals surface area (Å²) in [7, 11) is 0. The number of halogens is 1. The predicted octanol–water partition coefficient (Wildman–Crippen LogP) is 2.44. The van der Waals surface area contributed by atoms with Crippen LogP contribution in [0.3, 0.4) is 0 Å². The molecule has 0 aliphatic heterocycles. The molecule has 1 rings (SSSR count). The first kappa shape index (κ1) is 17.1. The summed E-state index contributed by atoms with van der Waals surface area (Å²) in [6, 6.07) is 3.62. The van der Waals surface area contributed by atoms with Crippen molar-refractivity contribution in [1.82, 2.24) is 5.32 Å². The van der Waals surface area contributed by atoms with E-state index in [2.05, 4.69) is 5.32 Å². The lowest BCUT2D eigenvalue weighted by molar-refractivity contribution is -0.139. The Kier molecular flexibility index (Phi) is 5.43. The summed E-state index contributed by atoms with van der Waals surface area (Å²) in [6.45, 7) is 5.08. The Hall–Kier alpha value is -1.95. The zero-order valence-corrected chi connectivity index (χ0v) is 12.9. The minimum atomic E-state index is -1.18. The molecule has 0 fully saturated rings. The van der Waals surface area contributed by atoms with Crippen LogP contribution in [0, 0.1) is 0 Å². The van der Waals surface area contributed by atoms with Crippen molar-refractivity contribution in [3.05, 3.63) is 28.8 Å². The summed E-state index contributed by atoms with van der Waals surface area (Å²) in [4.78, 5) is 22.9. The van der Waals surface area contributed by atoms with Crippen LogP contribution in [0.5, 0.6) is 0 Å². The molecule has 6 nitrogen and oxygen atoms in total. The summed E-state index contributed by atoms with van der Waals surface area (Å²) in [6.07, 6.45) is -0.781. The van der Waals surface area contributed by atoms with E-state index in [9.17, 15) is 14.7 Å². The van der Waals surface area contributed by atoms with Gasteiger partial charge in [0, 0.05) is 17.1 Å². The Morgan fingerprint density at radius 1 is 1.43 bits per heavy atom. The van der Waals surface area contributed by atoms with Crippen molar-refractivity contribution >= 4 is 29.4 Å². The summed E-state index contributed by atoms with van der Waals surface area (Å²) in [5.74, 6) is -1.18. The number of hydrogen-bond acceptors (Lipinski definition) is 4. The number of carboxylic acids is 1. The molecule has 0 aliphatic rings. The van der Waals surface area contributed by atoms with Crippen molar-refractivity contribution < 1.29 is 19.4 Å². The number of alkyl carbamates (subject to hydrolysis) is 1. The third kappa shape index (κ3) is 5.91. The Balaban J connectivity index is 2.81. The summed E-state index contributed by atoms with van der Waals surface area (Å²) in [5.41, 5.74) is 6.03. The smallest absolute Gasteiger partial charge is 0.408 e. The van der Waals surface area contributed by atoms with Crippen LogP contribution in [0.2, 0.25) is 5.02 Å². The van der Waals surface area contributed by atoms with E-state index in [1.165, 1.54) is 0 Å². The number of carboxylic acid groups (broad SMARTS) is 1. The molecular weight excluding hydrogens is 296 g/mol. The number of carbonyl (C=O) groups excluding carboxylic acids is 1. The minimum absolute atomic E-state index is 0.0149. The molecule has 116 valence electrons. The van der Waals surface area contributed by atoms with Crippen molar-refractivity contribution in [3.8, 4) is 0 Å². The van der Waals surface area contributed by atoms with Gasteiger partial charge in [-0.1, -0.05) is 11.6 Å². The number of ether oxygens (including phenoxy) is 1. The maximum Gasteiger partial charge on any atom is 0.408 e. The van der Waals surface area contributed by atoms with Gasteiger partial charge in [-0.3, -0.25) is 0 Å². The third-order valence-electron chi connectivity index (χ3n) is 2.52. The Morgan fingerprint density at radius 2 is 2.05 bits per heavy atom. The number of aliphatic carboxylic acids is 1. The van der Waals surface area contributed by atoms with Crippen LogP contribution in [0.4, 0.5) is 10.5 Å². The maximum absolute atomic E-state index is 11.7. The highest BCUT2D eigenvalue weighted by Gasteiger charge is 2.24. The van der Waals surface area contributed by atoms with Gasteiger partial charge in [0.2, 0.25) is 0 Å². The SMILES string of the molecule is CC(C)(C)OC(=O)NC(Cc1cc(Cl)ccc1N)C(=O)O. The number of nitrogen functional groups attached to an aromatic ring is 1. The van der Waals surface area contributed by atoms with Gasteiger partial charge in [0.1, 0.15) is 11.6 Å². The Labute approximate surface area is 128 Å². The Bertz CT molecular complexity index is 540. The monoisotopic (exact) mass is 314 g/mol. The van der Waals surface area contributed by atoms with Crippen molar-refractivity contribution in [2.24, 2.45) is 0 Å². The van der Waals surface area contributed by atoms with Crippen LogP contribution in [-0.2, 0) is 16.0 Å². The molecule has 0 aromatic heterocycles. The molecule has 0 heterocycles. The summed E-state index contributed by atoms with van der Waals surface area (Å²) in [5, 5.41) is 12.0. The number of rotatable bonds is 4. The highest BCUT2D eigenvalue weighted by molar-refractivity contribution is 6.30. The molecule has 4 N–H and O–H groups in total. The molecule has 1 unspecified atom stereocenters. The average molecular weight is 315 g/mol. The van der Waals surface area contributed by atoms with Crippen LogP contribution < -0.4 is 11.1 Å². The zero-order valence-electron chi connectivity index (χ0n) is 12.1. The fourth-order valence-corrected chi connectivity index (χ4v) is 1.82.